The van der Waals surface area contributed by atoms with E-state index in [1.165, 1.54) is 0 Å². The molecule has 0 saturated carbocycles. The van der Waals surface area contributed by atoms with Gasteiger partial charge in [0.05, 0.1) is 30.7 Å². The standard InChI is InChI=1S/C21H23ClN2O4/c1-27-16-10-15(11-17(12-16)28-2)23-20(25)14-6-5-9-24(13-14)21(26)18-7-3-4-8-19(18)22/h3-4,7-8,10-12,14H,5-6,9,13H2,1-2H3,(H,23,25)/t14-/m1/s1. The Bertz CT molecular complexity index is 849. The van der Waals surface area contributed by atoms with Crippen molar-refractivity contribution >= 4 is 29.1 Å². The summed E-state index contributed by atoms with van der Waals surface area (Å²) in [7, 11) is 3.11. The number of carbonyl (C=O) groups excluding carboxylic acids is 2. The third-order valence-electron chi connectivity index (χ3n) is 4.80. The first-order valence-electron chi connectivity index (χ1n) is 9.09. The molecule has 148 valence electrons. The quantitative estimate of drug-likeness (QED) is 0.824. The Hall–Kier alpha value is -2.73. The molecule has 28 heavy (non-hydrogen) atoms. The molecular weight excluding hydrogens is 380 g/mol. The first kappa shape index (κ1) is 20.0. The molecule has 0 spiro atoms. The van der Waals surface area contributed by atoms with Crippen LogP contribution in [0, 0.1) is 5.92 Å². The van der Waals surface area contributed by atoms with Crippen LogP contribution in [0.25, 0.3) is 0 Å². The van der Waals surface area contributed by atoms with Crippen LogP contribution in [0.5, 0.6) is 11.5 Å². The molecule has 0 radical (unpaired) electrons. The minimum atomic E-state index is -0.294. The zero-order valence-corrected chi connectivity index (χ0v) is 16.7. The van der Waals surface area contributed by atoms with Crippen LogP contribution in [0.4, 0.5) is 5.69 Å². The zero-order valence-electron chi connectivity index (χ0n) is 15.9. The summed E-state index contributed by atoms with van der Waals surface area (Å²) in [6.45, 7) is 0.970. The number of nitrogens with one attached hydrogen (secondary N) is 1. The lowest BCUT2D eigenvalue weighted by molar-refractivity contribution is -0.121. The highest BCUT2D eigenvalue weighted by Gasteiger charge is 2.29. The lowest BCUT2D eigenvalue weighted by atomic mass is 9.96. The van der Waals surface area contributed by atoms with E-state index >= 15 is 0 Å². The number of halogens is 1. The van der Waals surface area contributed by atoms with Gasteiger partial charge in [0.1, 0.15) is 11.5 Å². The number of nitrogens with zero attached hydrogens (tertiary/aromatic N) is 1. The summed E-state index contributed by atoms with van der Waals surface area (Å²) >= 11 is 6.15. The molecule has 0 aliphatic carbocycles. The maximum atomic E-state index is 12.8. The fourth-order valence-electron chi connectivity index (χ4n) is 3.30. The number of anilines is 1. The Kier molecular flexibility index (Phi) is 6.41. The van der Waals surface area contributed by atoms with Crippen molar-refractivity contribution in [1.29, 1.82) is 0 Å². The molecule has 1 fully saturated rings. The number of ether oxygens (including phenoxy) is 2. The van der Waals surface area contributed by atoms with Gasteiger partial charge in [-0.05, 0) is 25.0 Å². The fraction of sp³-hybridized carbons (Fsp3) is 0.333. The van der Waals surface area contributed by atoms with Gasteiger partial charge in [-0.25, -0.2) is 0 Å². The first-order valence-corrected chi connectivity index (χ1v) is 9.47. The van der Waals surface area contributed by atoms with Gasteiger partial charge in [0.2, 0.25) is 5.91 Å². The molecule has 2 aromatic rings. The molecule has 1 atom stereocenters. The molecule has 3 rings (SSSR count). The largest absolute Gasteiger partial charge is 0.497 e. The van der Waals surface area contributed by atoms with Crippen LogP contribution in [0.1, 0.15) is 23.2 Å². The number of carbonyl (C=O) groups is 2. The lowest BCUT2D eigenvalue weighted by Gasteiger charge is -2.32. The molecule has 6 nitrogen and oxygen atoms in total. The average Bonchev–Trinajstić information content (AvgIpc) is 2.73. The summed E-state index contributed by atoms with van der Waals surface area (Å²) in [6, 6.07) is 12.2. The van der Waals surface area contributed by atoms with Crippen molar-refractivity contribution in [3.05, 3.63) is 53.1 Å². The predicted molar refractivity (Wildman–Crippen MR) is 108 cm³/mol. The van der Waals surface area contributed by atoms with E-state index in [4.69, 9.17) is 21.1 Å². The van der Waals surface area contributed by atoms with Crippen LogP contribution in [0.2, 0.25) is 5.02 Å². The second-order valence-electron chi connectivity index (χ2n) is 6.66. The molecular formula is C21H23ClN2O4. The molecule has 2 amide bonds. The Labute approximate surface area is 169 Å². The van der Waals surface area contributed by atoms with Crippen LogP contribution in [0.15, 0.2) is 42.5 Å². The molecule has 7 heteroatoms. The monoisotopic (exact) mass is 402 g/mol. The molecule has 1 heterocycles. The maximum Gasteiger partial charge on any atom is 0.255 e. The SMILES string of the molecule is COc1cc(NC(=O)[C@@H]2CCCN(C(=O)c3ccccc3Cl)C2)cc(OC)c1. The highest BCUT2D eigenvalue weighted by Crippen LogP contribution is 2.27. The van der Waals surface area contributed by atoms with Gasteiger partial charge in [-0.1, -0.05) is 23.7 Å². The van der Waals surface area contributed by atoms with Gasteiger partial charge >= 0.3 is 0 Å². The van der Waals surface area contributed by atoms with E-state index in [9.17, 15) is 9.59 Å². The van der Waals surface area contributed by atoms with Gasteiger partial charge in [0, 0.05) is 37.0 Å². The first-order chi connectivity index (χ1) is 13.5. The molecule has 1 N–H and O–H groups in total. The number of hydrogen-bond acceptors (Lipinski definition) is 4. The van der Waals surface area contributed by atoms with E-state index in [0.29, 0.717) is 40.9 Å². The highest BCUT2D eigenvalue weighted by molar-refractivity contribution is 6.33. The van der Waals surface area contributed by atoms with Gasteiger partial charge < -0.3 is 19.7 Å². The summed E-state index contributed by atoms with van der Waals surface area (Å²) in [4.78, 5) is 27.3. The zero-order chi connectivity index (χ0) is 20.1. The maximum absolute atomic E-state index is 12.8. The number of likely N-dealkylation sites (tertiary alicyclic amines) is 1. The van der Waals surface area contributed by atoms with Crippen LogP contribution in [0.3, 0.4) is 0 Å². The van der Waals surface area contributed by atoms with Gasteiger partial charge in [0.15, 0.2) is 0 Å². The van der Waals surface area contributed by atoms with Crippen molar-refractivity contribution in [2.75, 3.05) is 32.6 Å². The molecule has 0 unspecified atom stereocenters. The number of methoxy groups -OCH3 is 2. The van der Waals surface area contributed by atoms with Crippen molar-refractivity contribution < 1.29 is 19.1 Å². The van der Waals surface area contributed by atoms with Crippen LogP contribution in [-0.4, -0.2) is 44.0 Å². The van der Waals surface area contributed by atoms with E-state index < -0.39 is 0 Å². The lowest BCUT2D eigenvalue weighted by Crippen LogP contribution is -2.43. The molecule has 1 aliphatic rings. The van der Waals surface area contributed by atoms with Gasteiger partial charge in [-0.15, -0.1) is 0 Å². The number of benzene rings is 2. The third kappa shape index (κ3) is 4.57. The second-order valence-corrected chi connectivity index (χ2v) is 7.07. The summed E-state index contributed by atoms with van der Waals surface area (Å²) in [5.74, 6) is 0.609. The van der Waals surface area contributed by atoms with Crippen LogP contribution < -0.4 is 14.8 Å². The molecule has 0 aromatic heterocycles. The van der Waals surface area contributed by atoms with Gasteiger partial charge in [-0.2, -0.15) is 0 Å². The van der Waals surface area contributed by atoms with E-state index in [1.807, 2.05) is 0 Å². The van der Waals surface area contributed by atoms with Crippen molar-refractivity contribution in [2.45, 2.75) is 12.8 Å². The smallest absolute Gasteiger partial charge is 0.255 e. The number of hydrogen-bond donors (Lipinski definition) is 1. The van der Waals surface area contributed by atoms with E-state index in [0.717, 1.165) is 12.8 Å². The second kappa shape index (κ2) is 8.97. The van der Waals surface area contributed by atoms with Gasteiger partial charge in [-0.3, -0.25) is 9.59 Å². The highest BCUT2D eigenvalue weighted by atomic mass is 35.5. The molecule has 2 aromatic carbocycles. The van der Waals surface area contributed by atoms with E-state index in [-0.39, 0.29) is 17.7 Å². The minimum absolute atomic E-state index is 0.132. The molecule has 0 bridgehead atoms. The topological polar surface area (TPSA) is 67.9 Å². The summed E-state index contributed by atoms with van der Waals surface area (Å²) in [6.07, 6.45) is 1.48. The number of amides is 2. The number of piperidine rings is 1. The molecule has 1 aliphatic heterocycles. The van der Waals surface area contributed by atoms with Crippen molar-refractivity contribution in [1.82, 2.24) is 4.90 Å². The fourth-order valence-corrected chi connectivity index (χ4v) is 3.52. The predicted octanol–water partition coefficient (Wildman–Crippen LogP) is 3.85. The summed E-state index contributed by atoms with van der Waals surface area (Å²) in [5, 5.41) is 3.33. The van der Waals surface area contributed by atoms with Crippen LogP contribution in [-0.2, 0) is 4.79 Å². The molecule has 1 saturated heterocycles. The summed E-state index contributed by atoms with van der Waals surface area (Å²) < 4.78 is 10.5. The van der Waals surface area contributed by atoms with E-state index in [2.05, 4.69) is 5.32 Å². The van der Waals surface area contributed by atoms with Crippen molar-refractivity contribution in [3.8, 4) is 11.5 Å². The Morgan fingerprint density at radius 2 is 1.79 bits per heavy atom. The average molecular weight is 403 g/mol. The van der Waals surface area contributed by atoms with E-state index in [1.54, 1.807) is 61.6 Å². The Morgan fingerprint density at radius 1 is 1.11 bits per heavy atom. The Morgan fingerprint density at radius 3 is 2.43 bits per heavy atom. The normalized spacial score (nSPS) is 16.4. The number of rotatable bonds is 5. The van der Waals surface area contributed by atoms with Gasteiger partial charge in [0.25, 0.3) is 5.91 Å². The summed E-state index contributed by atoms with van der Waals surface area (Å²) in [5.41, 5.74) is 1.05. The van der Waals surface area contributed by atoms with Crippen molar-refractivity contribution in [2.24, 2.45) is 5.92 Å². The van der Waals surface area contributed by atoms with Crippen LogP contribution >= 0.6 is 11.6 Å². The van der Waals surface area contributed by atoms with Crippen molar-refractivity contribution in [3.63, 3.8) is 0 Å². The minimum Gasteiger partial charge on any atom is -0.497 e. The third-order valence-corrected chi connectivity index (χ3v) is 5.13. The Balaban J connectivity index is 1.69.